The summed E-state index contributed by atoms with van der Waals surface area (Å²) in [5.41, 5.74) is 4.44. The Labute approximate surface area is 205 Å². The highest BCUT2D eigenvalue weighted by molar-refractivity contribution is 5.51. The molecule has 5 atom stereocenters. The van der Waals surface area contributed by atoms with E-state index < -0.39 is 0 Å². The summed E-state index contributed by atoms with van der Waals surface area (Å²) in [4.78, 5) is 12.8. The van der Waals surface area contributed by atoms with Crippen LogP contribution in [-0.4, -0.2) is 18.9 Å². The molecule has 0 bridgehead atoms. The second-order valence-electron chi connectivity index (χ2n) is 10.6. The minimum atomic E-state index is -0.363. The van der Waals surface area contributed by atoms with Crippen LogP contribution in [-0.2, 0) is 4.74 Å². The van der Waals surface area contributed by atoms with E-state index in [2.05, 4.69) is 32.9 Å². The topological polar surface area (TPSA) is 95.2 Å². The van der Waals surface area contributed by atoms with E-state index in [1.807, 2.05) is 12.1 Å². The number of allylic oxidation sites excluding steroid dienone is 4. The fourth-order valence-corrected chi connectivity index (χ4v) is 7.58. The Kier molecular flexibility index (Phi) is 5.51. The Balaban J connectivity index is 1.59. The molecule has 0 amide bonds. The summed E-state index contributed by atoms with van der Waals surface area (Å²) in [5, 5.41) is 20.5. The number of nitrogens with zero attached hydrogens (tertiary/aromatic N) is 1. The summed E-state index contributed by atoms with van der Waals surface area (Å²) >= 11 is 0. The predicted octanol–water partition coefficient (Wildman–Crippen LogP) is 5.73. The normalized spacial score (nSPS) is 31.5. The number of hydrogen-bond acceptors (Lipinski definition) is 7. The molecule has 3 aliphatic rings. The van der Waals surface area contributed by atoms with E-state index in [1.165, 1.54) is 18.3 Å². The maximum absolute atomic E-state index is 12.8. The lowest BCUT2D eigenvalue weighted by molar-refractivity contribution is -0.101. The van der Waals surface area contributed by atoms with Crippen molar-refractivity contribution in [1.29, 1.82) is 0 Å². The Morgan fingerprint density at radius 3 is 2.43 bits per heavy atom. The third-order valence-corrected chi connectivity index (χ3v) is 8.45. The third kappa shape index (κ3) is 3.33. The van der Waals surface area contributed by atoms with Crippen LogP contribution in [0, 0.1) is 35.8 Å². The first-order valence-electron chi connectivity index (χ1n) is 12.0. The van der Waals surface area contributed by atoms with Crippen LogP contribution in [0.15, 0.2) is 56.8 Å². The van der Waals surface area contributed by atoms with Crippen LogP contribution in [0.25, 0.3) is 0 Å². The minimum Gasteiger partial charge on any atom is -0.733 e. The third-order valence-electron chi connectivity index (χ3n) is 8.45. The van der Waals surface area contributed by atoms with Gasteiger partial charge in [0.05, 0.1) is 25.0 Å². The number of methoxy groups -OCH3 is 1. The fraction of sp³-hybridized carbons (Fsp3) is 0.464. The van der Waals surface area contributed by atoms with Gasteiger partial charge in [-0.1, -0.05) is 42.4 Å². The minimum absolute atomic E-state index is 0.0864. The Morgan fingerprint density at radius 1 is 1.11 bits per heavy atom. The largest absolute Gasteiger partial charge is 0.733 e. The summed E-state index contributed by atoms with van der Waals surface area (Å²) in [6.45, 7) is 10.6. The summed E-state index contributed by atoms with van der Waals surface area (Å²) in [6, 6.07) is 7.15. The molecule has 0 radical (unpaired) electrons. The van der Waals surface area contributed by atoms with Gasteiger partial charge in [-0.25, -0.2) is 0 Å². The summed E-state index contributed by atoms with van der Waals surface area (Å²) in [5.74, 6) is 1.14. The number of ether oxygens (including phenoxy) is 2. The first-order valence-corrected chi connectivity index (χ1v) is 12.0. The van der Waals surface area contributed by atoms with E-state index in [-0.39, 0.29) is 51.1 Å². The van der Waals surface area contributed by atoms with E-state index in [0.29, 0.717) is 29.9 Å². The SMILES string of the molecule is COc1oc([C@H]2C[C@@]3(CO2)[C@H](c2ccc(N([O-])O)cc2)[C@]2(C)C=C(C)C=C(C)[C@@H]23)c(C)c(=O)c1C. The van der Waals surface area contributed by atoms with Gasteiger partial charge in [0.15, 0.2) is 5.43 Å². The molecule has 1 saturated heterocycles. The summed E-state index contributed by atoms with van der Waals surface area (Å²) < 4.78 is 17.8. The number of rotatable bonds is 4. The van der Waals surface area contributed by atoms with Crippen LogP contribution in [0.2, 0.25) is 0 Å². The van der Waals surface area contributed by atoms with Crippen molar-refractivity contribution in [2.45, 2.75) is 53.1 Å². The lowest BCUT2D eigenvalue weighted by atomic mass is 9.35. The molecule has 1 aromatic carbocycles. The molecule has 1 aliphatic heterocycles. The maximum atomic E-state index is 12.8. The van der Waals surface area contributed by atoms with Gasteiger partial charge >= 0.3 is 0 Å². The van der Waals surface area contributed by atoms with Gasteiger partial charge in [0.25, 0.3) is 5.95 Å². The number of benzene rings is 1. The van der Waals surface area contributed by atoms with Crippen LogP contribution in [0.5, 0.6) is 5.95 Å². The van der Waals surface area contributed by atoms with Crippen molar-refractivity contribution in [1.82, 2.24) is 0 Å². The Bertz CT molecular complexity index is 1290. The zero-order valence-corrected chi connectivity index (χ0v) is 21.0. The second kappa shape index (κ2) is 8.08. The van der Waals surface area contributed by atoms with Crippen molar-refractivity contribution in [2.75, 3.05) is 18.9 Å². The van der Waals surface area contributed by atoms with Gasteiger partial charge in [-0.3, -0.25) is 10.0 Å². The highest BCUT2D eigenvalue weighted by atomic mass is 16.8. The van der Waals surface area contributed by atoms with Crippen molar-refractivity contribution in [2.24, 2.45) is 16.7 Å². The Hall–Kier alpha value is -2.87. The molecule has 5 rings (SSSR count). The van der Waals surface area contributed by atoms with Crippen LogP contribution in [0.1, 0.15) is 61.7 Å². The van der Waals surface area contributed by atoms with Gasteiger partial charge in [-0.05, 0) is 57.7 Å². The van der Waals surface area contributed by atoms with Gasteiger partial charge in [-0.2, -0.15) is 0 Å². The van der Waals surface area contributed by atoms with Crippen molar-refractivity contribution >= 4 is 5.69 Å². The number of hydrogen-bond donors (Lipinski definition) is 1. The molecule has 7 heteroatoms. The van der Waals surface area contributed by atoms with Crippen LogP contribution < -0.4 is 15.4 Å². The zero-order valence-electron chi connectivity index (χ0n) is 21.0. The van der Waals surface area contributed by atoms with Crippen molar-refractivity contribution in [3.8, 4) is 5.95 Å². The second-order valence-corrected chi connectivity index (χ2v) is 10.6. The lowest BCUT2D eigenvalue weighted by Crippen LogP contribution is -2.62. The number of fused-ring (bicyclic) bond motifs is 2. The summed E-state index contributed by atoms with van der Waals surface area (Å²) in [7, 11) is 1.50. The molecular formula is C28H32NO6-. The smallest absolute Gasteiger partial charge is 0.291 e. The lowest BCUT2D eigenvalue weighted by Gasteiger charge is -2.67. The van der Waals surface area contributed by atoms with Gasteiger partial charge in [0.1, 0.15) is 11.9 Å². The molecule has 2 fully saturated rings. The molecule has 2 aliphatic carbocycles. The standard InChI is InChI=1S/C28H32NO6/c1-15-11-16(2)24-27(5,12-15)25(19-7-9-20(10-8-19)29(31)32)28(24)13-21(34-14-28)23-17(3)22(30)18(4)26(33-6)35-23/h7-12,21,24-25,31H,13-14H2,1-6H3/q-1/t21-,24+,25-,27-,28+/m1/s1. The molecule has 0 unspecified atom stereocenters. The molecule has 2 aromatic rings. The van der Waals surface area contributed by atoms with Crippen molar-refractivity contribution in [3.63, 3.8) is 0 Å². The van der Waals surface area contributed by atoms with E-state index in [0.717, 1.165) is 5.56 Å². The van der Waals surface area contributed by atoms with Gasteiger partial charge in [0, 0.05) is 22.3 Å². The summed E-state index contributed by atoms with van der Waals surface area (Å²) in [6.07, 6.45) is 4.94. The maximum Gasteiger partial charge on any atom is 0.291 e. The van der Waals surface area contributed by atoms with Crippen molar-refractivity contribution < 1.29 is 19.1 Å². The molecule has 2 heterocycles. The van der Waals surface area contributed by atoms with Crippen LogP contribution >= 0.6 is 0 Å². The highest BCUT2D eigenvalue weighted by Crippen LogP contribution is 2.76. The molecule has 1 aromatic heterocycles. The number of anilines is 1. The first-order chi connectivity index (χ1) is 16.5. The molecule has 186 valence electrons. The van der Waals surface area contributed by atoms with Gasteiger partial charge in [0.2, 0.25) is 0 Å². The monoisotopic (exact) mass is 478 g/mol. The van der Waals surface area contributed by atoms with Crippen LogP contribution in [0.3, 0.4) is 0 Å². The average Bonchev–Trinajstić information content (AvgIpc) is 3.23. The Morgan fingerprint density at radius 2 is 1.80 bits per heavy atom. The van der Waals surface area contributed by atoms with E-state index in [9.17, 15) is 15.2 Å². The molecule has 35 heavy (non-hydrogen) atoms. The van der Waals surface area contributed by atoms with Crippen LogP contribution in [0.4, 0.5) is 5.69 Å². The predicted molar refractivity (Wildman–Crippen MR) is 133 cm³/mol. The molecule has 1 saturated carbocycles. The van der Waals surface area contributed by atoms with Crippen molar-refractivity contribution in [3.05, 3.63) is 85.4 Å². The molecule has 7 nitrogen and oxygen atoms in total. The van der Waals surface area contributed by atoms with E-state index in [1.54, 1.807) is 26.0 Å². The molecule has 1 N–H and O–H groups in total. The molecular weight excluding hydrogens is 446 g/mol. The zero-order chi connectivity index (χ0) is 25.3. The molecule has 1 spiro atoms. The highest BCUT2D eigenvalue weighted by Gasteiger charge is 2.71. The fourth-order valence-electron chi connectivity index (χ4n) is 7.58. The first kappa shape index (κ1) is 23.9. The quantitative estimate of drug-likeness (QED) is 0.561. The van der Waals surface area contributed by atoms with Gasteiger partial charge in [-0.15, -0.1) is 0 Å². The average molecular weight is 479 g/mol. The van der Waals surface area contributed by atoms with E-state index in [4.69, 9.17) is 13.9 Å². The van der Waals surface area contributed by atoms with Gasteiger partial charge < -0.3 is 24.3 Å². The van der Waals surface area contributed by atoms with E-state index >= 15 is 0 Å².